The predicted octanol–water partition coefficient (Wildman–Crippen LogP) is 1.94. The second-order valence-electron chi connectivity index (χ2n) is 8.10. The molecule has 8 heteroatoms. The molecule has 30 heavy (non-hydrogen) atoms. The number of nitrogens with zero attached hydrogens (tertiary/aromatic N) is 6. The number of pyridine rings is 1. The largest absolute Gasteiger partial charge is 0.373 e. The van der Waals surface area contributed by atoms with Crippen LogP contribution in [0.4, 0.5) is 0 Å². The van der Waals surface area contributed by atoms with Gasteiger partial charge in [-0.05, 0) is 56.1 Å². The smallest absolute Gasteiger partial charge is 0.266 e. The van der Waals surface area contributed by atoms with Gasteiger partial charge < -0.3 is 4.74 Å². The molecule has 0 bridgehead atoms. The number of likely N-dealkylation sites (tertiary alicyclic amines) is 1. The SMILES string of the molecule is O=c1ccc(-c2ccncc2)nn1CC1CCN(Cc2cc3n(n2)CCOC3)CC1. The molecular weight excluding hydrogens is 380 g/mol. The second-order valence-corrected chi connectivity index (χ2v) is 8.10. The van der Waals surface area contributed by atoms with Crippen LogP contribution in [-0.2, 0) is 31.0 Å². The Morgan fingerprint density at radius 3 is 2.67 bits per heavy atom. The number of rotatable bonds is 5. The molecule has 3 aromatic rings. The molecule has 3 aromatic heterocycles. The number of ether oxygens (including phenoxy) is 1. The van der Waals surface area contributed by atoms with Crippen molar-refractivity contribution in [2.24, 2.45) is 5.92 Å². The first-order chi connectivity index (χ1) is 14.7. The summed E-state index contributed by atoms with van der Waals surface area (Å²) < 4.78 is 9.20. The van der Waals surface area contributed by atoms with Crippen LogP contribution < -0.4 is 5.56 Å². The van der Waals surface area contributed by atoms with E-state index in [2.05, 4.69) is 25.7 Å². The lowest BCUT2D eigenvalue weighted by atomic mass is 9.96. The van der Waals surface area contributed by atoms with Gasteiger partial charge in [-0.3, -0.25) is 19.4 Å². The summed E-state index contributed by atoms with van der Waals surface area (Å²) in [5, 5.41) is 9.32. The maximum Gasteiger partial charge on any atom is 0.266 e. The van der Waals surface area contributed by atoms with E-state index in [-0.39, 0.29) is 5.56 Å². The Morgan fingerprint density at radius 1 is 1.03 bits per heavy atom. The Labute approximate surface area is 175 Å². The van der Waals surface area contributed by atoms with Gasteiger partial charge in [0.25, 0.3) is 5.56 Å². The van der Waals surface area contributed by atoms with Gasteiger partial charge in [0.15, 0.2) is 0 Å². The number of piperidine rings is 1. The van der Waals surface area contributed by atoms with Gasteiger partial charge in [-0.1, -0.05) is 0 Å². The second kappa shape index (κ2) is 8.49. The summed E-state index contributed by atoms with van der Waals surface area (Å²) >= 11 is 0. The Kier molecular flexibility index (Phi) is 5.42. The van der Waals surface area contributed by atoms with Crippen LogP contribution in [-0.4, -0.2) is 49.1 Å². The molecule has 0 atom stereocenters. The van der Waals surface area contributed by atoms with E-state index in [4.69, 9.17) is 9.84 Å². The van der Waals surface area contributed by atoms with Gasteiger partial charge in [-0.15, -0.1) is 0 Å². The van der Waals surface area contributed by atoms with Gasteiger partial charge in [0, 0.05) is 37.1 Å². The van der Waals surface area contributed by atoms with E-state index >= 15 is 0 Å². The van der Waals surface area contributed by atoms with Crippen molar-refractivity contribution < 1.29 is 4.74 Å². The predicted molar refractivity (Wildman–Crippen MR) is 112 cm³/mol. The zero-order valence-electron chi connectivity index (χ0n) is 17.0. The van der Waals surface area contributed by atoms with Crippen molar-refractivity contribution in [2.45, 2.75) is 39.1 Å². The monoisotopic (exact) mass is 406 g/mol. The molecule has 0 spiro atoms. The van der Waals surface area contributed by atoms with Gasteiger partial charge in [0.2, 0.25) is 0 Å². The van der Waals surface area contributed by atoms with E-state index in [1.807, 2.05) is 12.1 Å². The zero-order valence-corrected chi connectivity index (χ0v) is 17.0. The van der Waals surface area contributed by atoms with E-state index in [1.54, 1.807) is 29.2 Å². The number of hydrogen-bond acceptors (Lipinski definition) is 6. The van der Waals surface area contributed by atoms with Gasteiger partial charge in [0.1, 0.15) is 0 Å². The van der Waals surface area contributed by atoms with Crippen LogP contribution >= 0.6 is 0 Å². The van der Waals surface area contributed by atoms with E-state index in [9.17, 15) is 4.79 Å². The van der Waals surface area contributed by atoms with Crippen LogP contribution in [0.3, 0.4) is 0 Å². The third-order valence-corrected chi connectivity index (χ3v) is 5.98. The normalized spacial score (nSPS) is 17.7. The molecule has 0 aromatic carbocycles. The van der Waals surface area contributed by atoms with Crippen molar-refractivity contribution >= 4 is 0 Å². The van der Waals surface area contributed by atoms with Gasteiger partial charge in [0.05, 0.1) is 36.8 Å². The number of aromatic nitrogens is 5. The fourth-order valence-electron chi connectivity index (χ4n) is 4.29. The highest BCUT2D eigenvalue weighted by Gasteiger charge is 2.22. The molecule has 1 fully saturated rings. The van der Waals surface area contributed by atoms with Gasteiger partial charge in [-0.25, -0.2) is 4.68 Å². The van der Waals surface area contributed by atoms with Crippen molar-refractivity contribution in [2.75, 3.05) is 19.7 Å². The summed E-state index contributed by atoms with van der Waals surface area (Å²) in [6, 6.07) is 9.39. The molecule has 1 saturated heterocycles. The minimum Gasteiger partial charge on any atom is -0.373 e. The highest BCUT2D eigenvalue weighted by atomic mass is 16.5. The minimum absolute atomic E-state index is 0.0407. The quantitative estimate of drug-likeness (QED) is 0.644. The molecule has 0 radical (unpaired) electrons. The van der Waals surface area contributed by atoms with Crippen LogP contribution in [0.25, 0.3) is 11.3 Å². The summed E-state index contributed by atoms with van der Waals surface area (Å²) in [5.74, 6) is 0.461. The summed E-state index contributed by atoms with van der Waals surface area (Å²) in [4.78, 5) is 18.8. The average Bonchev–Trinajstić information content (AvgIpc) is 3.19. The summed E-state index contributed by atoms with van der Waals surface area (Å²) in [7, 11) is 0. The Hall–Kier alpha value is -2.84. The first kappa shape index (κ1) is 19.1. The van der Waals surface area contributed by atoms with E-state index in [0.29, 0.717) is 19.1 Å². The van der Waals surface area contributed by atoms with Gasteiger partial charge in [-0.2, -0.15) is 10.2 Å². The summed E-state index contributed by atoms with van der Waals surface area (Å²) in [6.45, 7) is 5.83. The number of hydrogen-bond donors (Lipinski definition) is 0. The Bertz CT molecular complexity index is 1030. The molecule has 0 unspecified atom stereocenters. The average molecular weight is 406 g/mol. The highest BCUT2D eigenvalue weighted by molar-refractivity contribution is 5.56. The first-order valence-electron chi connectivity index (χ1n) is 10.6. The van der Waals surface area contributed by atoms with Crippen LogP contribution in [0.2, 0.25) is 0 Å². The zero-order chi connectivity index (χ0) is 20.3. The lowest BCUT2D eigenvalue weighted by Gasteiger charge is -2.31. The lowest BCUT2D eigenvalue weighted by Crippen LogP contribution is -2.36. The van der Waals surface area contributed by atoms with Crippen molar-refractivity contribution in [1.29, 1.82) is 0 Å². The molecule has 2 aliphatic heterocycles. The van der Waals surface area contributed by atoms with Crippen LogP contribution in [0.5, 0.6) is 0 Å². The molecular formula is C22H26N6O2. The molecule has 0 saturated carbocycles. The third-order valence-electron chi connectivity index (χ3n) is 5.98. The standard InChI is InChI=1S/C22H26N6O2/c29-22-2-1-21(18-3-7-23-8-4-18)25-28(22)14-17-5-9-26(10-6-17)15-19-13-20-16-30-12-11-27(20)24-19/h1-4,7-8,13,17H,5-6,9-12,14-16H2. The van der Waals surface area contributed by atoms with Crippen LogP contribution in [0, 0.1) is 5.92 Å². The molecule has 156 valence electrons. The minimum atomic E-state index is -0.0407. The molecule has 2 aliphatic rings. The van der Waals surface area contributed by atoms with Crippen molar-refractivity contribution in [1.82, 2.24) is 29.4 Å². The molecule has 0 N–H and O–H groups in total. The maximum atomic E-state index is 12.3. The molecule has 0 aliphatic carbocycles. The Morgan fingerprint density at radius 2 is 1.87 bits per heavy atom. The highest BCUT2D eigenvalue weighted by Crippen LogP contribution is 2.21. The molecule has 8 nitrogen and oxygen atoms in total. The number of fused-ring (bicyclic) bond motifs is 1. The fraction of sp³-hybridized carbons (Fsp3) is 0.455. The summed E-state index contributed by atoms with van der Waals surface area (Å²) in [5.41, 5.74) is 4.03. The summed E-state index contributed by atoms with van der Waals surface area (Å²) in [6.07, 6.45) is 5.60. The molecule has 5 heterocycles. The molecule has 5 rings (SSSR count). The van der Waals surface area contributed by atoms with E-state index in [1.165, 1.54) is 5.69 Å². The lowest BCUT2D eigenvalue weighted by molar-refractivity contribution is 0.0799. The van der Waals surface area contributed by atoms with Gasteiger partial charge >= 0.3 is 0 Å². The third kappa shape index (κ3) is 4.20. The van der Waals surface area contributed by atoms with Crippen LogP contribution in [0.15, 0.2) is 47.5 Å². The maximum absolute atomic E-state index is 12.3. The first-order valence-corrected chi connectivity index (χ1v) is 10.6. The van der Waals surface area contributed by atoms with Crippen molar-refractivity contribution in [3.05, 3.63) is 64.5 Å². The van der Waals surface area contributed by atoms with Crippen molar-refractivity contribution in [3.8, 4) is 11.3 Å². The topological polar surface area (TPSA) is 78.1 Å². The Balaban J connectivity index is 1.19. The van der Waals surface area contributed by atoms with E-state index < -0.39 is 0 Å². The molecule has 0 amide bonds. The van der Waals surface area contributed by atoms with Crippen LogP contribution in [0.1, 0.15) is 24.2 Å². The van der Waals surface area contributed by atoms with Crippen molar-refractivity contribution in [3.63, 3.8) is 0 Å². The fourth-order valence-corrected chi connectivity index (χ4v) is 4.29. The van der Waals surface area contributed by atoms with E-state index in [0.717, 1.165) is 62.6 Å².